The molecule has 4 rings (SSSR count). The number of carbonyl (C=O) groups excluding carboxylic acids is 1. The van der Waals surface area contributed by atoms with Gasteiger partial charge in [-0.05, 0) is 56.7 Å². The minimum atomic E-state index is -0.249. The van der Waals surface area contributed by atoms with Gasteiger partial charge in [0.05, 0.1) is 5.69 Å². The Bertz CT molecular complexity index is 1120. The predicted octanol–water partition coefficient (Wildman–Crippen LogP) is 4.04. The lowest BCUT2D eigenvalue weighted by atomic mass is 9.90. The quantitative estimate of drug-likeness (QED) is 0.735. The highest BCUT2D eigenvalue weighted by atomic mass is 16.2. The van der Waals surface area contributed by atoms with Crippen LogP contribution in [-0.2, 0) is 24.2 Å². The van der Waals surface area contributed by atoms with Crippen molar-refractivity contribution >= 4 is 11.6 Å². The molecule has 1 heterocycles. The van der Waals surface area contributed by atoms with Crippen LogP contribution in [0.3, 0.4) is 0 Å². The lowest BCUT2D eigenvalue weighted by Gasteiger charge is -2.20. The van der Waals surface area contributed by atoms with E-state index in [1.54, 1.807) is 0 Å². The second kappa shape index (κ2) is 8.03. The topological polar surface area (TPSA) is 64.0 Å². The van der Waals surface area contributed by atoms with Gasteiger partial charge in [0.1, 0.15) is 6.54 Å². The Morgan fingerprint density at radius 2 is 1.76 bits per heavy atom. The summed E-state index contributed by atoms with van der Waals surface area (Å²) >= 11 is 0. The Morgan fingerprint density at radius 3 is 2.48 bits per heavy atom. The zero-order chi connectivity index (χ0) is 20.4. The average Bonchev–Trinajstić information content (AvgIpc) is 2.73. The third kappa shape index (κ3) is 3.99. The lowest BCUT2D eigenvalue weighted by Crippen LogP contribution is -2.34. The molecule has 0 radical (unpaired) electrons. The molecule has 1 N–H and O–H groups in total. The van der Waals surface area contributed by atoms with E-state index < -0.39 is 0 Å². The molecule has 5 nitrogen and oxygen atoms in total. The molecular weight excluding hydrogens is 362 g/mol. The molecule has 1 aliphatic rings. The van der Waals surface area contributed by atoms with E-state index in [-0.39, 0.29) is 18.0 Å². The molecule has 29 heavy (non-hydrogen) atoms. The van der Waals surface area contributed by atoms with Crippen molar-refractivity contribution in [2.45, 2.75) is 46.1 Å². The van der Waals surface area contributed by atoms with E-state index >= 15 is 0 Å². The molecule has 0 saturated heterocycles. The summed E-state index contributed by atoms with van der Waals surface area (Å²) in [5, 5.41) is 7.53. The number of fused-ring (bicyclic) bond motifs is 1. The van der Waals surface area contributed by atoms with Gasteiger partial charge in [-0.25, -0.2) is 4.68 Å². The van der Waals surface area contributed by atoms with Crippen LogP contribution in [0.4, 0.5) is 5.69 Å². The minimum absolute atomic E-state index is 0.0980. The van der Waals surface area contributed by atoms with Crippen LogP contribution < -0.4 is 10.9 Å². The smallest absolute Gasteiger partial charge is 0.270 e. The molecule has 0 unspecified atom stereocenters. The SMILES string of the molecule is Cc1ccc(NC(=O)Cn2nc(-c3ccccc3)c3c(c2=O)CCCC3)c(C)c1. The fourth-order valence-corrected chi connectivity index (χ4v) is 4.00. The standard InChI is InChI=1S/C24H25N3O2/c1-16-12-13-21(17(2)14-16)25-22(28)15-27-24(29)20-11-7-6-10-19(20)23(26-27)18-8-4-3-5-9-18/h3-5,8-9,12-14H,6-7,10-11,15H2,1-2H3,(H,25,28). The van der Waals surface area contributed by atoms with E-state index in [4.69, 9.17) is 0 Å². The highest BCUT2D eigenvalue weighted by molar-refractivity contribution is 5.91. The summed E-state index contributed by atoms with van der Waals surface area (Å²) < 4.78 is 1.32. The molecular formula is C24H25N3O2. The van der Waals surface area contributed by atoms with Crippen LogP contribution in [0.25, 0.3) is 11.3 Å². The van der Waals surface area contributed by atoms with Crippen LogP contribution in [0, 0.1) is 13.8 Å². The zero-order valence-corrected chi connectivity index (χ0v) is 16.9. The van der Waals surface area contributed by atoms with Gasteiger partial charge in [0.2, 0.25) is 5.91 Å². The fourth-order valence-electron chi connectivity index (χ4n) is 4.00. The van der Waals surface area contributed by atoms with Crippen LogP contribution in [0.15, 0.2) is 53.3 Å². The third-order valence-corrected chi connectivity index (χ3v) is 5.46. The summed E-state index contributed by atoms with van der Waals surface area (Å²) in [5.74, 6) is -0.249. The van der Waals surface area contributed by atoms with Crippen molar-refractivity contribution in [2.24, 2.45) is 0 Å². The molecule has 3 aromatic rings. The number of nitrogens with zero attached hydrogens (tertiary/aromatic N) is 2. The van der Waals surface area contributed by atoms with Gasteiger partial charge >= 0.3 is 0 Å². The van der Waals surface area contributed by atoms with Crippen molar-refractivity contribution < 1.29 is 4.79 Å². The second-order valence-corrected chi connectivity index (χ2v) is 7.71. The van der Waals surface area contributed by atoms with E-state index in [9.17, 15) is 9.59 Å². The number of aromatic nitrogens is 2. The van der Waals surface area contributed by atoms with Gasteiger partial charge in [-0.2, -0.15) is 5.10 Å². The number of nitrogens with one attached hydrogen (secondary N) is 1. The molecule has 0 spiro atoms. The number of benzene rings is 2. The highest BCUT2D eigenvalue weighted by Crippen LogP contribution is 2.27. The van der Waals surface area contributed by atoms with Gasteiger partial charge in [-0.1, -0.05) is 48.0 Å². The fraction of sp³-hybridized carbons (Fsp3) is 0.292. The molecule has 0 fully saturated rings. The highest BCUT2D eigenvalue weighted by Gasteiger charge is 2.22. The average molecular weight is 387 g/mol. The summed E-state index contributed by atoms with van der Waals surface area (Å²) in [7, 11) is 0. The van der Waals surface area contributed by atoms with Gasteiger partial charge < -0.3 is 5.32 Å². The minimum Gasteiger partial charge on any atom is -0.324 e. The second-order valence-electron chi connectivity index (χ2n) is 7.71. The van der Waals surface area contributed by atoms with E-state index in [2.05, 4.69) is 10.4 Å². The van der Waals surface area contributed by atoms with E-state index in [1.165, 1.54) is 4.68 Å². The molecule has 1 amide bonds. The monoisotopic (exact) mass is 387 g/mol. The van der Waals surface area contributed by atoms with Crippen LogP contribution in [0.2, 0.25) is 0 Å². The van der Waals surface area contributed by atoms with Gasteiger partial charge in [-0.3, -0.25) is 9.59 Å². The van der Waals surface area contributed by atoms with Gasteiger partial charge in [-0.15, -0.1) is 0 Å². The maximum absolute atomic E-state index is 13.0. The van der Waals surface area contributed by atoms with Crippen LogP contribution >= 0.6 is 0 Å². The number of hydrogen-bond donors (Lipinski definition) is 1. The predicted molar refractivity (Wildman–Crippen MR) is 115 cm³/mol. The molecule has 0 bridgehead atoms. The van der Waals surface area contributed by atoms with Crippen molar-refractivity contribution in [3.05, 3.63) is 81.1 Å². The van der Waals surface area contributed by atoms with Crippen LogP contribution in [0.1, 0.15) is 35.1 Å². The number of rotatable bonds is 4. The summed E-state index contributed by atoms with van der Waals surface area (Å²) in [5.41, 5.74) is 6.40. The summed E-state index contributed by atoms with van der Waals surface area (Å²) in [6.45, 7) is 3.87. The number of hydrogen-bond acceptors (Lipinski definition) is 3. The number of carbonyl (C=O) groups is 1. The number of amides is 1. The normalized spacial score (nSPS) is 13.0. The Labute approximate surface area is 170 Å². The first kappa shape index (κ1) is 19.1. The van der Waals surface area contributed by atoms with Gasteiger partial charge in [0.15, 0.2) is 0 Å². The third-order valence-electron chi connectivity index (χ3n) is 5.46. The van der Waals surface area contributed by atoms with Crippen LogP contribution in [-0.4, -0.2) is 15.7 Å². The largest absolute Gasteiger partial charge is 0.324 e. The molecule has 0 aliphatic heterocycles. The number of anilines is 1. The Kier molecular flexibility index (Phi) is 5.30. The molecule has 0 saturated carbocycles. The summed E-state index contributed by atoms with van der Waals surface area (Å²) in [6, 6.07) is 15.8. The Balaban J connectivity index is 1.68. The molecule has 0 atom stereocenters. The first-order valence-corrected chi connectivity index (χ1v) is 10.1. The van der Waals surface area contributed by atoms with Crippen molar-refractivity contribution in [2.75, 3.05) is 5.32 Å². The van der Waals surface area contributed by atoms with E-state index in [1.807, 2.05) is 62.4 Å². The van der Waals surface area contributed by atoms with Crippen molar-refractivity contribution in [3.8, 4) is 11.3 Å². The Morgan fingerprint density at radius 1 is 1.03 bits per heavy atom. The lowest BCUT2D eigenvalue weighted by molar-refractivity contribution is -0.117. The zero-order valence-electron chi connectivity index (χ0n) is 16.9. The number of aryl methyl sites for hydroxylation is 2. The maximum atomic E-state index is 13.0. The first-order chi connectivity index (χ1) is 14.0. The Hall–Kier alpha value is -3.21. The van der Waals surface area contributed by atoms with Crippen molar-refractivity contribution in [3.63, 3.8) is 0 Å². The first-order valence-electron chi connectivity index (χ1n) is 10.1. The van der Waals surface area contributed by atoms with E-state index in [0.29, 0.717) is 0 Å². The molecule has 2 aromatic carbocycles. The maximum Gasteiger partial charge on any atom is 0.270 e. The molecule has 1 aromatic heterocycles. The van der Waals surface area contributed by atoms with Crippen LogP contribution in [0.5, 0.6) is 0 Å². The van der Waals surface area contributed by atoms with Crippen molar-refractivity contribution in [1.82, 2.24) is 9.78 Å². The molecule has 148 valence electrons. The summed E-state index contributed by atoms with van der Waals surface area (Å²) in [4.78, 5) is 25.7. The molecule has 5 heteroatoms. The molecule has 1 aliphatic carbocycles. The van der Waals surface area contributed by atoms with Crippen molar-refractivity contribution in [1.29, 1.82) is 0 Å². The van der Waals surface area contributed by atoms with E-state index in [0.717, 1.165) is 64.9 Å². The van der Waals surface area contributed by atoms with Gasteiger partial charge in [0.25, 0.3) is 5.56 Å². The summed E-state index contributed by atoms with van der Waals surface area (Å²) in [6.07, 6.45) is 3.66. The van der Waals surface area contributed by atoms with Gasteiger partial charge in [0, 0.05) is 16.8 Å².